The quantitative estimate of drug-likeness (QED) is 0.363. The Morgan fingerprint density at radius 2 is 2.00 bits per heavy atom. The van der Waals surface area contributed by atoms with Crippen molar-refractivity contribution >= 4 is 29.2 Å². The Labute approximate surface area is 208 Å². The Bertz CT molecular complexity index is 1430. The Hall–Kier alpha value is -4.34. The molecule has 0 saturated carbocycles. The number of benzene rings is 2. The third kappa shape index (κ3) is 3.94. The van der Waals surface area contributed by atoms with Crippen LogP contribution in [0, 0.1) is 22.7 Å². The number of ether oxygens (including phenoxy) is 1. The zero-order valence-electron chi connectivity index (χ0n) is 18.6. The highest BCUT2D eigenvalue weighted by Gasteiger charge is 2.50. The number of hydrogen-bond donors (Lipinski definition) is 3. The van der Waals surface area contributed by atoms with Crippen LogP contribution in [0.3, 0.4) is 0 Å². The van der Waals surface area contributed by atoms with Crippen molar-refractivity contribution in [3.8, 4) is 17.3 Å². The standard InChI is InChI=1S/C23H18ClFN8O3/c24-16-7-14(3-6-17(16)25)20-19(21(34)29-31-27)18-9-32(10-23(11-36-12-23)33(18)30-20)22(35)28-15-4-1-13(8-26)2-5-15/h1-7H,9-12H2,(H,28,35)(H2,27,29,34). The van der Waals surface area contributed by atoms with Gasteiger partial charge in [-0.05, 0) is 42.5 Å². The largest absolute Gasteiger partial charge is 0.376 e. The zero-order valence-corrected chi connectivity index (χ0v) is 19.3. The lowest BCUT2D eigenvalue weighted by Gasteiger charge is -2.48. The Morgan fingerprint density at radius 1 is 1.25 bits per heavy atom. The van der Waals surface area contributed by atoms with Gasteiger partial charge in [0.05, 0.1) is 54.2 Å². The highest BCUT2D eigenvalue weighted by Crippen LogP contribution is 2.39. The van der Waals surface area contributed by atoms with Gasteiger partial charge in [0.25, 0.3) is 5.91 Å². The summed E-state index contributed by atoms with van der Waals surface area (Å²) in [6, 6.07) is 12.0. The molecule has 1 fully saturated rings. The van der Waals surface area contributed by atoms with Crippen molar-refractivity contribution < 1.29 is 18.7 Å². The number of halogens is 2. The van der Waals surface area contributed by atoms with E-state index in [1.807, 2.05) is 6.07 Å². The van der Waals surface area contributed by atoms with Crippen LogP contribution in [0.2, 0.25) is 5.02 Å². The molecular weight excluding hydrogens is 491 g/mol. The number of nitriles is 1. The molecule has 0 unspecified atom stereocenters. The number of fused-ring (bicyclic) bond motifs is 2. The van der Waals surface area contributed by atoms with E-state index in [1.165, 1.54) is 23.1 Å². The molecule has 0 radical (unpaired) electrons. The summed E-state index contributed by atoms with van der Waals surface area (Å²) < 4.78 is 21.0. The first-order chi connectivity index (χ1) is 17.3. The third-order valence-electron chi connectivity index (χ3n) is 6.13. The molecule has 0 bridgehead atoms. The van der Waals surface area contributed by atoms with Gasteiger partial charge in [-0.2, -0.15) is 15.9 Å². The van der Waals surface area contributed by atoms with E-state index in [-0.39, 0.29) is 42.6 Å². The second kappa shape index (κ2) is 9.03. The lowest BCUT2D eigenvalue weighted by Crippen LogP contribution is -2.63. The molecule has 1 spiro atoms. The number of nitrogens with one attached hydrogen (secondary N) is 3. The average molecular weight is 509 g/mol. The molecule has 3 amide bonds. The maximum atomic E-state index is 13.8. The minimum absolute atomic E-state index is 0.0204. The number of anilines is 1. The van der Waals surface area contributed by atoms with Gasteiger partial charge in [0.2, 0.25) is 0 Å². The molecule has 2 aromatic carbocycles. The van der Waals surface area contributed by atoms with Crippen molar-refractivity contribution in [1.82, 2.24) is 20.1 Å². The number of aromatic nitrogens is 2. The zero-order chi connectivity index (χ0) is 25.4. The van der Waals surface area contributed by atoms with Crippen molar-refractivity contribution in [2.45, 2.75) is 12.1 Å². The first-order valence-corrected chi connectivity index (χ1v) is 11.1. The summed E-state index contributed by atoms with van der Waals surface area (Å²) >= 11 is 5.98. The molecule has 182 valence electrons. The van der Waals surface area contributed by atoms with E-state index in [4.69, 9.17) is 27.1 Å². The molecule has 0 atom stereocenters. The first kappa shape index (κ1) is 23.4. The second-order valence-electron chi connectivity index (χ2n) is 8.46. The van der Waals surface area contributed by atoms with Crippen LogP contribution < -0.4 is 10.7 Å². The third-order valence-corrected chi connectivity index (χ3v) is 6.42. The average Bonchev–Trinajstić information content (AvgIpc) is 3.24. The normalized spacial score (nSPS) is 15.4. The maximum Gasteiger partial charge on any atom is 0.322 e. The van der Waals surface area contributed by atoms with Crippen LogP contribution in [-0.4, -0.2) is 46.4 Å². The van der Waals surface area contributed by atoms with Gasteiger partial charge in [-0.25, -0.2) is 14.6 Å². The van der Waals surface area contributed by atoms with E-state index in [1.54, 1.807) is 28.9 Å². The maximum absolute atomic E-state index is 13.8. The number of amides is 3. The number of carbonyl (C=O) groups excluding carboxylic acids is 2. The Balaban J connectivity index is 1.55. The first-order valence-electron chi connectivity index (χ1n) is 10.7. The fraction of sp³-hybridized carbons (Fsp3) is 0.217. The highest BCUT2D eigenvalue weighted by molar-refractivity contribution is 6.31. The van der Waals surface area contributed by atoms with E-state index in [0.29, 0.717) is 22.5 Å². The van der Waals surface area contributed by atoms with E-state index < -0.39 is 23.3 Å². The van der Waals surface area contributed by atoms with Crippen LogP contribution in [0.25, 0.3) is 11.3 Å². The molecule has 2 aliphatic heterocycles. The summed E-state index contributed by atoms with van der Waals surface area (Å²) in [4.78, 5) is 27.7. The van der Waals surface area contributed by atoms with Crippen molar-refractivity contribution in [2.75, 3.05) is 25.1 Å². The minimum atomic E-state index is -0.717. The second-order valence-corrected chi connectivity index (χ2v) is 8.86. The van der Waals surface area contributed by atoms with Gasteiger partial charge in [-0.15, -0.1) is 0 Å². The molecule has 13 heteroatoms. The predicted octanol–water partition coefficient (Wildman–Crippen LogP) is 3.66. The fourth-order valence-corrected chi connectivity index (χ4v) is 4.55. The molecule has 5 rings (SSSR count). The smallest absolute Gasteiger partial charge is 0.322 e. The lowest BCUT2D eigenvalue weighted by atomic mass is 9.93. The van der Waals surface area contributed by atoms with Crippen LogP contribution in [-0.2, 0) is 16.8 Å². The van der Waals surface area contributed by atoms with Crippen LogP contribution in [0.4, 0.5) is 14.9 Å². The monoisotopic (exact) mass is 508 g/mol. The minimum Gasteiger partial charge on any atom is -0.376 e. The van der Waals surface area contributed by atoms with Gasteiger partial charge in [0, 0.05) is 11.3 Å². The number of urea groups is 1. The number of hydrogen-bond acceptors (Lipinski definition) is 7. The summed E-state index contributed by atoms with van der Waals surface area (Å²) in [6.45, 7) is 0.801. The van der Waals surface area contributed by atoms with Crippen LogP contribution in [0.5, 0.6) is 0 Å². The number of nitrogens with zero attached hydrogens (tertiary/aromatic N) is 5. The molecule has 1 saturated heterocycles. The molecule has 3 aromatic rings. The fourth-order valence-electron chi connectivity index (χ4n) is 4.37. The molecule has 1 aromatic heterocycles. The lowest BCUT2D eigenvalue weighted by molar-refractivity contribution is -0.126. The van der Waals surface area contributed by atoms with Gasteiger partial charge in [-0.1, -0.05) is 16.8 Å². The van der Waals surface area contributed by atoms with Crippen molar-refractivity contribution in [2.24, 2.45) is 5.22 Å². The molecular formula is C23H18ClFN8O3. The number of carbonyl (C=O) groups is 2. The molecule has 2 aliphatic rings. The van der Waals surface area contributed by atoms with Crippen molar-refractivity contribution in [3.05, 3.63) is 70.1 Å². The Kier molecular flexibility index (Phi) is 5.87. The summed E-state index contributed by atoms with van der Waals surface area (Å²) in [7, 11) is 0. The van der Waals surface area contributed by atoms with Crippen molar-refractivity contribution in [3.63, 3.8) is 0 Å². The van der Waals surface area contributed by atoms with Crippen LogP contribution in [0.1, 0.15) is 21.6 Å². The van der Waals surface area contributed by atoms with E-state index in [0.717, 1.165) is 0 Å². The molecule has 0 aliphatic carbocycles. The predicted molar refractivity (Wildman–Crippen MR) is 125 cm³/mol. The molecule has 11 nitrogen and oxygen atoms in total. The van der Waals surface area contributed by atoms with E-state index in [2.05, 4.69) is 21.1 Å². The molecule has 3 heterocycles. The summed E-state index contributed by atoms with van der Waals surface area (Å²) in [5.74, 6) is -1.32. The topological polar surface area (TPSA) is 148 Å². The SMILES string of the molecule is N#Cc1ccc(NC(=O)N2Cc3c(C(=O)NN=N)c(-c4ccc(F)c(Cl)c4)nn3C3(COC3)C2)cc1. The van der Waals surface area contributed by atoms with Crippen molar-refractivity contribution in [1.29, 1.82) is 10.8 Å². The van der Waals surface area contributed by atoms with E-state index in [9.17, 15) is 14.0 Å². The van der Waals surface area contributed by atoms with Gasteiger partial charge >= 0.3 is 6.03 Å². The van der Waals surface area contributed by atoms with Gasteiger partial charge in [0.15, 0.2) is 0 Å². The Morgan fingerprint density at radius 3 is 2.61 bits per heavy atom. The van der Waals surface area contributed by atoms with E-state index >= 15 is 0 Å². The number of rotatable bonds is 4. The van der Waals surface area contributed by atoms with Crippen LogP contribution >= 0.6 is 11.6 Å². The van der Waals surface area contributed by atoms with Gasteiger partial charge in [-0.3, -0.25) is 9.48 Å². The van der Waals surface area contributed by atoms with Crippen LogP contribution in [0.15, 0.2) is 47.7 Å². The summed E-state index contributed by atoms with van der Waals surface area (Å²) in [6.07, 6.45) is 0. The summed E-state index contributed by atoms with van der Waals surface area (Å²) in [5.41, 5.74) is 10.6. The van der Waals surface area contributed by atoms with Gasteiger partial charge in [0.1, 0.15) is 17.1 Å². The summed E-state index contributed by atoms with van der Waals surface area (Å²) in [5, 5.41) is 19.3. The highest BCUT2D eigenvalue weighted by atomic mass is 35.5. The molecule has 36 heavy (non-hydrogen) atoms. The molecule has 3 N–H and O–H groups in total. The van der Waals surface area contributed by atoms with Gasteiger partial charge < -0.3 is 15.0 Å².